The molecule has 0 radical (unpaired) electrons. The first-order chi connectivity index (χ1) is 9.31. The zero-order valence-electron chi connectivity index (χ0n) is 12.4. The lowest BCUT2D eigenvalue weighted by molar-refractivity contribution is -0.00547. The highest BCUT2D eigenvalue weighted by Gasteiger charge is 2.13. The summed E-state index contributed by atoms with van der Waals surface area (Å²) in [7, 11) is 0. The number of rotatable bonds is 9. The number of nitrogens with zero attached hydrogens (tertiary/aromatic N) is 3. The molecule has 3 nitrogen and oxygen atoms in total. The van der Waals surface area contributed by atoms with Gasteiger partial charge in [-0.1, -0.05) is 39.5 Å². The molecule has 0 heterocycles. The van der Waals surface area contributed by atoms with Gasteiger partial charge >= 0.3 is 0 Å². The predicted octanol–water partition coefficient (Wildman–Crippen LogP) is 4.18. The molecule has 1 aliphatic carbocycles. The minimum absolute atomic E-state index is 0.736. The van der Waals surface area contributed by atoms with E-state index in [1.54, 1.807) is 0 Å². The molecule has 0 saturated carbocycles. The summed E-state index contributed by atoms with van der Waals surface area (Å²) in [6, 6.07) is 0. The molecular formula is C16H27N3. The van der Waals surface area contributed by atoms with E-state index >= 15 is 0 Å². The topological polar surface area (TPSA) is 39.6 Å². The van der Waals surface area contributed by atoms with E-state index in [0.717, 1.165) is 25.2 Å². The zero-order chi connectivity index (χ0) is 13.9. The quantitative estimate of drug-likeness (QED) is 0.348. The molecule has 0 aromatic carbocycles. The lowest BCUT2D eigenvalue weighted by Gasteiger charge is -2.26. The Morgan fingerprint density at radius 3 is 2.11 bits per heavy atom. The number of hydrogen-bond donors (Lipinski definition) is 0. The molecule has 3 heteroatoms. The van der Waals surface area contributed by atoms with Crippen LogP contribution in [0.5, 0.6) is 0 Å². The molecule has 106 valence electrons. The molecule has 1 aliphatic rings. The number of unbranched alkanes of at least 4 members (excludes halogenated alkanes) is 4. The highest BCUT2D eigenvalue weighted by molar-refractivity contribution is 5.92. The van der Waals surface area contributed by atoms with E-state index in [9.17, 15) is 0 Å². The number of allylic oxidation sites excluding steroid dienone is 3. The molecule has 0 atom stereocenters. The SMILES string of the molecule is CCCCCN(CCCCC)C1=CCC(=[N+]=[N-])C=C1. The Morgan fingerprint density at radius 1 is 1.05 bits per heavy atom. The van der Waals surface area contributed by atoms with Gasteiger partial charge in [-0.3, -0.25) is 0 Å². The van der Waals surface area contributed by atoms with Crippen molar-refractivity contribution in [2.75, 3.05) is 13.1 Å². The van der Waals surface area contributed by atoms with Gasteiger partial charge in [-0.15, -0.1) is 0 Å². The van der Waals surface area contributed by atoms with Gasteiger partial charge in [0.05, 0.1) is 6.42 Å². The maximum Gasteiger partial charge on any atom is 0.295 e. The first-order valence-electron chi connectivity index (χ1n) is 7.66. The first-order valence-corrected chi connectivity index (χ1v) is 7.66. The second-order valence-corrected chi connectivity index (χ2v) is 5.16. The van der Waals surface area contributed by atoms with Gasteiger partial charge in [0, 0.05) is 24.9 Å². The van der Waals surface area contributed by atoms with Crippen LogP contribution >= 0.6 is 0 Å². The molecule has 0 aromatic heterocycles. The van der Waals surface area contributed by atoms with Crippen LogP contribution in [0, 0.1) is 0 Å². The van der Waals surface area contributed by atoms with E-state index in [1.807, 2.05) is 6.08 Å². The molecule has 0 aliphatic heterocycles. The molecule has 0 amide bonds. The molecule has 19 heavy (non-hydrogen) atoms. The lowest BCUT2D eigenvalue weighted by atomic mass is 10.1. The van der Waals surface area contributed by atoms with Crippen molar-refractivity contribution in [1.82, 2.24) is 4.90 Å². The smallest absolute Gasteiger partial charge is 0.295 e. The standard InChI is InChI=1S/C16H27N3/c1-3-5-7-13-19(14-8-6-4-2)16-11-9-15(18-17)10-12-16/h9,11-12H,3-8,10,13-14H2,1-2H3. The minimum Gasteiger partial charge on any atom is -0.372 e. The molecule has 0 spiro atoms. The summed E-state index contributed by atoms with van der Waals surface area (Å²) in [6.45, 7) is 6.76. The highest BCUT2D eigenvalue weighted by atomic mass is 15.1. The monoisotopic (exact) mass is 261 g/mol. The van der Waals surface area contributed by atoms with Crippen LogP contribution in [0.2, 0.25) is 0 Å². The Labute approximate surface area is 117 Å². The summed E-state index contributed by atoms with van der Waals surface area (Å²) in [6.07, 6.45) is 14.5. The van der Waals surface area contributed by atoms with Gasteiger partial charge in [0.25, 0.3) is 5.71 Å². The average Bonchev–Trinajstić information content (AvgIpc) is 2.46. The van der Waals surface area contributed by atoms with Crippen molar-refractivity contribution in [2.24, 2.45) is 0 Å². The van der Waals surface area contributed by atoms with Gasteiger partial charge in [0.15, 0.2) is 0 Å². The second kappa shape index (κ2) is 9.57. The molecule has 0 unspecified atom stereocenters. The van der Waals surface area contributed by atoms with Crippen LogP contribution in [0.4, 0.5) is 0 Å². The molecule has 0 fully saturated rings. The summed E-state index contributed by atoms with van der Waals surface area (Å²) in [5.41, 5.74) is 10.8. The van der Waals surface area contributed by atoms with Crippen molar-refractivity contribution < 1.29 is 4.79 Å². The van der Waals surface area contributed by atoms with Gasteiger partial charge < -0.3 is 10.4 Å². The van der Waals surface area contributed by atoms with E-state index in [0.29, 0.717) is 0 Å². The molecule has 0 N–H and O–H groups in total. The fourth-order valence-corrected chi connectivity index (χ4v) is 2.31. The molecular weight excluding hydrogens is 234 g/mol. The van der Waals surface area contributed by atoms with Crippen molar-refractivity contribution in [3.8, 4) is 0 Å². The summed E-state index contributed by atoms with van der Waals surface area (Å²) >= 11 is 0. The van der Waals surface area contributed by atoms with Crippen LogP contribution in [0.15, 0.2) is 23.9 Å². The maximum atomic E-state index is 8.76. The lowest BCUT2D eigenvalue weighted by Crippen LogP contribution is -2.26. The third kappa shape index (κ3) is 5.89. The molecule has 0 saturated heterocycles. The van der Waals surface area contributed by atoms with Crippen LogP contribution in [-0.4, -0.2) is 28.5 Å². The van der Waals surface area contributed by atoms with Crippen LogP contribution in [-0.2, 0) is 0 Å². The van der Waals surface area contributed by atoms with Crippen LogP contribution in [0.25, 0.3) is 5.53 Å². The normalized spacial score (nSPS) is 14.2. The highest BCUT2D eigenvalue weighted by Crippen LogP contribution is 2.15. The van der Waals surface area contributed by atoms with Crippen molar-refractivity contribution in [3.05, 3.63) is 29.5 Å². The summed E-state index contributed by atoms with van der Waals surface area (Å²) in [5.74, 6) is 0. The largest absolute Gasteiger partial charge is 0.372 e. The van der Waals surface area contributed by atoms with Gasteiger partial charge in [0.1, 0.15) is 0 Å². The summed E-state index contributed by atoms with van der Waals surface area (Å²) in [5, 5.41) is 0. The van der Waals surface area contributed by atoms with Crippen molar-refractivity contribution in [3.63, 3.8) is 0 Å². The van der Waals surface area contributed by atoms with E-state index in [2.05, 4.69) is 35.7 Å². The van der Waals surface area contributed by atoms with Crippen molar-refractivity contribution >= 4 is 5.71 Å². The van der Waals surface area contributed by atoms with Crippen LogP contribution < -0.4 is 0 Å². The van der Waals surface area contributed by atoms with Gasteiger partial charge in [-0.25, -0.2) is 0 Å². The summed E-state index contributed by atoms with van der Waals surface area (Å²) in [4.78, 5) is 5.74. The Hall–Kier alpha value is -1.34. The van der Waals surface area contributed by atoms with E-state index in [1.165, 1.54) is 44.2 Å². The zero-order valence-corrected chi connectivity index (χ0v) is 12.4. The molecule has 1 rings (SSSR count). The third-order valence-electron chi connectivity index (χ3n) is 3.52. The molecule has 0 aromatic rings. The van der Waals surface area contributed by atoms with Gasteiger partial charge in [-0.2, -0.15) is 4.79 Å². The Balaban J connectivity index is 2.54. The van der Waals surface area contributed by atoms with Crippen molar-refractivity contribution in [1.29, 1.82) is 0 Å². The Bertz CT molecular complexity index is 352. The van der Waals surface area contributed by atoms with Crippen LogP contribution in [0.3, 0.4) is 0 Å². The fraction of sp³-hybridized carbons (Fsp3) is 0.688. The van der Waals surface area contributed by atoms with E-state index in [-0.39, 0.29) is 0 Å². The second-order valence-electron chi connectivity index (χ2n) is 5.16. The maximum absolute atomic E-state index is 8.76. The first kappa shape index (κ1) is 15.7. The van der Waals surface area contributed by atoms with Gasteiger partial charge in [-0.05, 0) is 25.0 Å². The fourth-order valence-electron chi connectivity index (χ4n) is 2.31. The van der Waals surface area contributed by atoms with Gasteiger partial charge in [0.2, 0.25) is 0 Å². The van der Waals surface area contributed by atoms with E-state index in [4.69, 9.17) is 5.53 Å². The Morgan fingerprint density at radius 2 is 1.68 bits per heavy atom. The number of hydrogen-bond acceptors (Lipinski definition) is 1. The average molecular weight is 261 g/mol. The molecule has 0 bridgehead atoms. The Kier molecular flexibility index (Phi) is 7.92. The van der Waals surface area contributed by atoms with Crippen LogP contribution in [0.1, 0.15) is 58.8 Å². The van der Waals surface area contributed by atoms with Crippen molar-refractivity contribution in [2.45, 2.75) is 58.8 Å². The van der Waals surface area contributed by atoms with E-state index < -0.39 is 0 Å². The predicted molar refractivity (Wildman–Crippen MR) is 81.1 cm³/mol. The minimum atomic E-state index is 0.736. The third-order valence-corrected chi connectivity index (χ3v) is 3.52. The summed E-state index contributed by atoms with van der Waals surface area (Å²) < 4.78 is 0.